The summed E-state index contributed by atoms with van der Waals surface area (Å²) in [6.45, 7) is 20.7. The first-order valence-corrected chi connectivity index (χ1v) is 11.8. The molecule has 0 saturated carbocycles. The van der Waals surface area contributed by atoms with Gasteiger partial charge < -0.3 is 4.90 Å². The van der Waals surface area contributed by atoms with Crippen LogP contribution in [0, 0.1) is 55.4 Å². The average Bonchev–Trinajstić information content (AvgIpc) is 3.26. The minimum absolute atomic E-state index is 1.05. The van der Waals surface area contributed by atoms with Crippen LogP contribution in [-0.4, -0.2) is 24.4 Å². The second-order valence-electron chi connectivity index (χ2n) is 9.85. The van der Waals surface area contributed by atoms with Crippen LogP contribution in [0.5, 0.6) is 0 Å². The van der Waals surface area contributed by atoms with Gasteiger partial charge in [-0.3, -0.25) is 0 Å². The molecule has 2 aliphatic rings. The SMILES string of the molecule is CCC(=C1Cc2c(C)c(C)c(C)c(C)c2N1C)C1=[N+](C)c2c(C)c(C)c(C)c(C)c2C1. The van der Waals surface area contributed by atoms with Crippen molar-refractivity contribution in [3.8, 4) is 0 Å². The quantitative estimate of drug-likeness (QED) is 0.490. The number of rotatable bonds is 2. The maximum atomic E-state index is 2.50. The zero-order chi connectivity index (χ0) is 22.9. The number of hydrogen-bond donors (Lipinski definition) is 0. The molecule has 0 bridgehead atoms. The fourth-order valence-electron chi connectivity index (χ4n) is 6.12. The summed E-state index contributed by atoms with van der Waals surface area (Å²) in [7, 11) is 4.57. The molecule has 0 amide bonds. The molecule has 31 heavy (non-hydrogen) atoms. The minimum atomic E-state index is 1.05. The smallest absolute Gasteiger partial charge is 0.212 e. The molecular formula is C29H39N2+. The highest BCUT2D eigenvalue weighted by molar-refractivity contribution is 6.03. The lowest BCUT2D eigenvalue weighted by atomic mass is 9.90. The van der Waals surface area contributed by atoms with Gasteiger partial charge in [-0.2, -0.15) is 4.58 Å². The Hall–Kier alpha value is -2.35. The maximum absolute atomic E-state index is 2.50. The average molecular weight is 416 g/mol. The minimum Gasteiger partial charge on any atom is -0.347 e. The van der Waals surface area contributed by atoms with Gasteiger partial charge in [0.05, 0.1) is 6.42 Å². The predicted molar refractivity (Wildman–Crippen MR) is 135 cm³/mol. The van der Waals surface area contributed by atoms with Crippen molar-refractivity contribution in [2.45, 2.75) is 81.6 Å². The van der Waals surface area contributed by atoms with E-state index in [4.69, 9.17) is 0 Å². The molecule has 0 radical (unpaired) electrons. The van der Waals surface area contributed by atoms with E-state index in [1.807, 2.05) is 0 Å². The highest BCUT2D eigenvalue weighted by Crippen LogP contribution is 2.44. The third kappa shape index (κ3) is 2.87. The summed E-state index contributed by atoms with van der Waals surface area (Å²) >= 11 is 0. The fourth-order valence-corrected chi connectivity index (χ4v) is 6.12. The van der Waals surface area contributed by atoms with Crippen molar-refractivity contribution in [1.82, 2.24) is 0 Å². The fraction of sp³-hybridized carbons (Fsp3) is 0.483. The topological polar surface area (TPSA) is 6.25 Å². The van der Waals surface area contributed by atoms with E-state index in [1.165, 1.54) is 84.0 Å². The lowest BCUT2D eigenvalue weighted by molar-refractivity contribution is -0.401. The van der Waals surface area contributed by atoms with E-state index in [0.29, 0.717) is 0 Å². The molecule has 0 fully saturated rings. The van der Waals surface area contributed by atoms with Crippen molar-refractivity contribution in [3.05, 3.63) is 66.9 Å². The lowest BCUT2D eigenvalue weighted by Crippen LogP contribution is -2.21. The third-order valence-electron chi connectivity index (χ3n) is 8.78. The summed E-state index contributed by atoms with van der Waals surface area (Å²) in [4.78, 5) is 2.50. The molecule has 0 aliphatic carbocycles. The Kier molecular flexibility index (Phi) is 5.19. The van der Waals surface area contributed by atoms with Gasteiger partial charge in [-0.25, -0.2) is 0 Å². The number of hydrogen-bond acceptors (Lipinski definition) is 1. The Morgan fingerprint density at radius 2 is 1.23 bits per heavy atom. The molecule has 2 nitrogen and oxygen atoms in total. The highest BCUT2D eigenvalue weighted by Gasteiger charge is 2.37. The van der Waals surface area contributed by atoms with Crippen LogP contribution < -0.4 is 4.90 Å². The van der Waals surface area contributed by atoms with Crippen LogP contribution in [0.4, 0.5) is 11.4 Å². The van der Waals surface area contributed by atoms with Crippen molar-refractivity contribution in [2.24, 2.45) is 0 Å². The van der Waals surface area contributed by atoms with Gasteiger partial charge in [-0.05, 0) is 106 Å². The molecule has 2 aliphatic heterocycles. The van der Waals surface area contributed by atoms with E-state index >= 15 is 0 Å². The van der Waals surface area contributed by atoms with Crippen LogP contribution in [0.2, 0.25) is 0 Å². The monoisotopic (exact) mass is 415 g/mol. The van der Waals surface area contributed by atoms with Gasteiger partial charge in [0.15, 0.2) is 5.71 Å². The number of allylic oxidation sites excluding steroid dienone is 2. The van der Waals surface area contributed by atoms with Crippen molar-refractivity contribution in [3.63, 3.8) is 0 Å². The predicted octanol–water partition coefficient (Wildman–Crippen LogP) is 6.78. The second-order valence-corrected chi connectivity index (χ2v) is 9.85. The zero-order valence-corrected chi connectivity index (χ0v) is 21.5. The van der Waals surface area contributed by atoms with Gasteiger partial charge in [-0.1, -0.05) is 6.92 Å². The Balaban J connectivity index is 1.91. The summed E-state index contributed by atoms with van der Waals surface area (Å²) < 4.78 is 2.50. The first-order chi connectivity index (χ1) is 14.5. The molecule has 2 aromatic rings. The van der Waals surface area contributed by atoms with Gasteiger partial charge >= 0.3 is 0 Å². The molecule has 0 N–H and O–H groups in total. The Labute approximate surface area is 189 Å². The summed E-state index contributed by atoms with van der Waals surface area (Å²) in [6.07, 6.45) is 3.16. The van der Waals surface area contributed by atoms with Gasteiger partial charge in [0.2, 0.25) is 5.69 Å². The van der Waals surface area contributed by atoms with Crippen LogP contribution >= 0.6 is 0 Å². The van der Waals surface area contributed by atoms with Crippen LogP contribution in [0.3, 0.4) is 0 Å². The Bertz CT molecular complexity index is 1200. The first kappa shape index (κ1) is 21.9. The Morgan fingerprint density at radius 3 is 1.81 bits per heavy atom. The summed E-state index contributed by atoms with van der Waals surface area (Å²) in [5.74, 6) is 0. The standard InChI is InChI=1S/C29H39N2/c1-12-23(26-13-24-19(6)15(2)17(4)21(8)28(24)30(26)10)27-14-25-20(7)16(3)18(5)22(9)29(25)31(27)11/h12-14H2,1-11H3/q+1. The summed E-state index contributed by atoms with van der Waals surface area (Å²) in [6, 6.07) is 0. The maximum Gasteiger partial charge on any atom is 0.212 e. The van der Waals surface area contributed by atoms with Crippen molar-refractivity contribution >= 4 is 17.1 Å². The van der Waals surface area contributed by atoms with Crippen molar-refractivity contribution < 1.29 is 4.58 Å². The van der Waals surface area contributed by atoms with Gasteiger partial charge in [0.1, 0.15) is 7.05 Å². The molecule has 4 rings (SSSR count). The normalized spacial score (nSPS) is 16.9. The van der Waals surface area contributed by atoms with Gasteiger partial charge in [0.25, 0.3) is 0 Å². The summed E-state index contributed by atoms with van der Waals surface area (Å²) in [5, 5.41) is 0. The molecule has 0 aromatic heterocycles. The number of anilines is 1. The van der Waals surface area contributed by atoms with E-state index in [1.54, 1.807) is 0 Å². The molecule has 2 heteroatoms. The third-order valence-corrected chi connectivity index (χ3v) is 8.78. The molecule has 0 saturated heterocycles. The first-order valence-electron chi connectivity index (χ1n) is 11.8. The largest absolute Gasteiger partial charge is 0.347 e. The molecule has 164 valence electrons. The summed E-state index contributed by atoms with van der Waals surface area (Å²) in [5.41, 5.74) is 22.1. The number of benzene rings is 2. The van der Waals surface area contributed by atoms with Gasteiger partial charge in [0, 0.05) is 41.6 Å². The second kappa shape index (κ2) is 7.36. The molecule has 0 unspecified atom stereocenters. The Morgan fingerprint density at radius 1 is 0.710 bits per heavy atom. The van der Waals surface area contributed by atoms with E-state index < -0.39 is 0 Å². The molecule has 0 spiro atoms. The van der Waals surface area contributed by atoms with Crippen LogP contribution in [-0.2, 0) is 12.8 Å². The van der Waals surface area contributed by atoms with Crippen molar-refractivity contribution in [1.29, 1.82) is 0 Å². The zero-order valence-electron chi connectivity index (χ0n) is 21.5. The van der Waals surface area contributed by atoms with Crippen molar-refractivity contribution in [2.75, 3.05) is 19.0 Å². The highest BCUT2D eigenvalue weighted by atomic mass is 15.1. The van der Waals surface area contributed by atoms with E-state index in [2.05, 4.69) is 85.9 Å². The van der Waals surface area contributed by atoms with E-state index in [-0.39, 0.29) is 0 Å². The van der Waals surface area contributed by atoms with Crippen LogP contribution in [0.1, 0.15) is 69.0 Å². The lowest BCUT2D eigenvalue weighted by Gasteiger charge is -2.22. The van der Waals surface area contributed by atoms with Crippen LogP contribution in [0.15, 0.2) is 11.3 Å². The number of nitrogens with zero attached hydrogens (tertiary/aromatic N) is 2. The van der Waals surface area contributed by atoms with Gasteiger partial charge in [-0.15, -0.1) is 0 Å². The number of fused-ring (bicyclic) bond motifs is 2. The molecule has 0 atom stereocenters. The molecular weight excluding hydrogens is 376 g/mol. The molecule has 2 aromatic carbocycles. The van der Waals surface area contributed by atoms with Crippen LogP contribution in [0.25, 0.3) is 0 Å². The van der Waals surface area contributed by atoms with E-state index in [0.717, 1.165) is 19.3 Å². The van der Waals surface area contributed by atoms with E-state index in [9.17, 15) is 0 Å². The number of likely N-dealkylation sites (N-methyl/N-ethyl adjacent to an activating group) is 1. The molecule has 2 heterocycles.